The minimum atomic E-state index is -2.78. The average molecular weight is 507 g/mol. The number of allylic oxidation sites excluding steroid dienone is 1. The van der Waals surface area contributed by atoms with E-state index in [9.17, 15) is 9.36 Å². The molecule has 7 heteroatoms. The predicted octanol–water partition coefficient (Wildman–Crippen LogP) is 7.50. The number of benzene rings is 1. The highest BCUT2D eigenvalue weighted by Crippen LogP contribution is 2.61. The number of unbranched alkanes of at least 4 members (excludes halogenated alkanes) is 1. The van der Waals surface area contributed by atoms with Crippen LogP contribution in [0.4, 0.5) is 0 Å². The summed E-state index contributed by atoms with van der Waals surface area (Å²) in [6.07, 6.45) is 10.0. The molecule has 1 rings (SSSR count). The molecule has 0 amide bonds. The molecule has 0 saturated heterocycles. The van der Waals surface area contributed by atoms with Crippen LogP contribution in [-0.2, 0) is 20.7 Å². The second-order valence-corrected chi connectivity index (χ2v) is 15.0. The minimum Gasteiger partial charge on any atom is -0.458 e. The molecule has 166 valence electrons. The number of hydrogen-bond donors (Lipinski definition) is 1. The molecule has 0 aliphatic heterocycles. The summed E-state index contributed by atoms with van der Waals surface area (Å²) in [7, 11) is -2.63. The van der Waals surface area contributed by atoms with Crippen LogP contribution in [0, 0.1) is 5.92 Å². The van der Waals surface area contributed by atoms with Gasteiger partial charge in [-0.05, 0) is 32.6 Å². The summed E-state index contributed by atoms with van der Waals surface area (Å²) in [4.78, 5) is 20.5. The Labute approximate surface area is 187 Å². The van der Waals surface area contributed by atoms with Crippen molar-refractivity contribution in [1.82, 2.24) is 0 Å². The van der Waals surface area contributed by atoms with E-state index in [0.29, 0.717) is 12.5 Å². The Morgan fingerprint density at radius 1 is 1.24 bits per heavy atom. The van der Waals surface area contributed by atoms with Crippen LogP contribution < -0.4 is 0 Å². The van der Waals surface area contributed by atoms with E-state index in [4.69, 9.17) is 9.63 Å². The van der Waals surface area contributed by atoms with Crippen LogP contribution in [0.1, 0.15) is 64.9 Å². The third-order valence-corrected chi connectivity index (χ3v) is 9.92. The largest absolute Gasteiger partial charge is 0.458 e. The van der Waals surface area contributed by atoms with Crippen molar-refractivity contribution in [2.24, 2.45) is 5.92 Å². The number of alkyl halides is 1. The van der Waals surface area contributed by atoms with E-state index >= 15 is 0 Å². The number of carbonyl (C=O) groups is 1. The molecule has 0 fully saturated rings. The van der Waals surface area contributed by atoms with Crippen LogP contribution in [0.5, 0.6) is 0 Å². The van der Waals surface area contributed by atoms with Crippen molar-refractivity contribution in [3.05, 3.63) is 48.0 Å². The molecule has 0 bridgehead atoms. The molecule has 0 saturated carbocycles. The molecule has 1 aromatic carbocycles. The lowest BCUT2D eigenvalue weighted by atomic mass is 9.99. The first kappa shape index (κ1) is 28.5. The summed E-state index contributed by atoms with van der Waals surface area (Å²) < 4.78 is 16.3. The lowest BCUT2D eigenvalue weighted by molar-refractivity contribution is -0.139. The van der Waals surface area contributed by atoms with Gasteiger partial charge in [0, 0.05) is 17.3 Å². The van der Waals surface area contributed by atoms with Gasteiger partial charge >= 0.3 is 5.97 Å². The smallest absolute Gasteiger partial charge is 0.330 e. The van der Waals surface area contributed by atoms with Crippen LogP contribution in [-0.4, -0.2) is 22.1 Å². The van der Waals surface area contributed by atoms with Crippen LogP contribution in [0.15, 0.2) is 42.5 Å². The van der Waals surface area contributed by atoms with Crippen molar-refractivity contribution in [3.63, 3.8) is 0 Å². The van der Waals surface area contributed by atoms with Crippen LogP contribution in [0.3, 0.4) is 0 Å². The highest BCUT2D eigenvalue weighted by Gasteiger charge is 2.15. The Morgan fingerprint density at radius 3 is 2.38 bits per heavy atom. The van der Waals surface area contributed by atoms with Gasteiger partial charge < -0.3 is 9.63 Å². The second kappa shape index (κ2) is 17.2. The van der Waals surface area contributed by atoms with Gasteiger partial charge in [0.1, 0.15) is 6.61 Å². The van der Waals surface area contributed by atoms with Crippen molar-refractivity contribution < 1.29 is 19.0 Å². The van der Waals surface area contributed by atoms with Gasteiger partial charge in [0.25, 0.3) is 0 Å². The summed E-state index contributed by atoms with van der Waals surface area (Å²) in [5, 5.41) is 0. The van der Waals surface area contributed by atoms with E-state index in [1.165, 1.54) is 6.66 Å². The first-order valence-electron chi connectivity index (χ1n) is 10.3. The zero-order valence-electron chi connectivity index (χ0n) is 18.1. The number of ether oxygens (including phenoxy) is 1. The third kappa shape index (κ3) is 18.0. The maximum absolute atomic E-state index is 11.5. The van der Waals surface area contributed by atoms with E-state index in [0.717, 1.165) is 44.1 Å². The maximum Gasteiger partial charge on any atom is 0.330 e. The second-order valence-electron chi connectivity index (χ2n) is 7.03. The van der Waals surface area contributed by atoms with Gasteiger partial charge in [-0.25, -0.2) is 4.79 Å². The van der Waals surface area contributed by atoms with Gasteiger partial charge in [-0.1, -0.05) is 98.8 Å². The lowest BCUT2D eigenvalue weighted by Gasteiger charge is -2.10. The highest BCUT2D eigenvalue weighted by molar-refractivity contribution is 9.11. The van der Waals surface area contributed by atoms with Crippen LogP contribution in [0.25, 0.3) is 0 Å². The number of hydrogen-bond acceptors (Lipinski definition) is 3. The van der Waals surface area contributed by atoms with E-state index < -0.39 is 7.06 Å². The molecule has 29 heavy (non-hydrogen) atoms. The van der Waals surface area contributed by atoms with Gasteiger partial charge in [0.15, 0.2) is 0 Å². The third-order valence-electron chi connectivity index (χ3n) is 4.29. The quantitative estimate of drug-likeness (QED) is 0.138. The molecule has 0 aromatic heterocycles. The monoisotopic (exact) mass is 506 g/mol. The zero-order valence-corrected chi connectivity index (χ0v) is 21.6. The van der Waals surface area contributed by atoms with Gasteiger partial charge in [0.2, 0.25) is 7.06 Å². The molecule has 4 nitrogen and oxygen atoms in total. The molecule has 0 radical (unpaired) electrons. The summed E-state index contributed by atoms with van der Waals surface area (Å²) in [6.45, 7) is 8.24. The average Bonchev–Trinajstić information content (AvgIpc) is 2.68. The molecular weight excluding hydrogens is 470 g/mol. The first-order chi connectivity index (χ1) is 13.7. The van der Waals surface area contributed by atoms with Gasteiger partial charge in [-0.2, -0.15) is 0 Å². The van der Waals surface area contributed by atoms with Gasteiger partial charge in [0.05, 0.1) is 0 Å². The summed E-state index contributed by atoms with van der Waals surface area (Å²) in [5.41, 5.74) is 1.01. The van der Waals surface area contributed by atoms with Gasteiger partial charge in [-0.3, -0.25) is 4.57 Å². The van der Waals surface area contributed by atoms with Crippen LogP contribution >= 0.6 is 31.3 Å². The standard InChI is InChI=1S/C16H22O2.C6H15BrO2P2/c1-3-14(4-2)11-8-12-16(17)18-13-15-9-6-5-7-10-15;1-3-4-5-6(7)10-11(2,8)9/h5-10,12,14H,3-4,11,13H2,1-2H3;6,10H,3-5H2,1-2H3,(H,8,9)/b12-8+;. The first-order valence-corrected chi connectivity index (χ1v) is 15.2. The number of rotatable bonds is 12. The fraction of sp³-hybridized carbons (Fsp3) is 0.591. The van der Waals surface area contributed by atoms with E-state index in [2.05, 4.69) is 36.7 Å². The zero-order chi connectivity index (χ0) is 22.1. The van der Waals surface area contributed by atoms with Crippen molar-refractivity contribution in [1.29, 1.82) is 0 Å². The number of halogens is 1. The maximum atomic E-state index is 11.5. The van der Waals surface area contributed by atoms with Gasteiger partial charge in [-0.15, -0.1) is 0 Å². The normalized spacial score (nSPS) is 14.6. The molecule has 3 unspecified atom stereocenters. The van der Waals surface area contributed by atoms with E-state index in [-0.39, 0.29) is 18.8 Å². The van der Waals surface area contributed by atoms with E-state index in [1.54, 1.807) is 6.08 Å². The molecule has 3 atom stereocenters. The molecule has 0 aliphatic carbocycles. The van der Waals surface area contributed by atoms with Crippen molar-refractivity contribution >= 4 is 37.2 Å². The predicted molar refractivity (Wildman–Crippen MR) is 130 cm³/mol. The molecule has 1 N–H and O–H groups in total. The number of carbonyl (C=O) groups excluding carboxylic acids is 1. The Hall–Kier alpha value is -0.470. The van der Waals surface area contributed by atoms with Crippen molar-refractivity contribution in [3.8, 4) is 0 Å². The van der Waals surface area contributed by atoms with Crippen molar-refractivity contribution in [2.75, 3.05) is 6.66 Å². The molecular formula is C22H37BrO4P2. The summed E-state index contributed by atoms with van der Waals surface area (Å²) in [6, 6.07) is 9.71. The summed E-state index contributed by atoms with van der Waals surface area (Å²) >= 11 is 3.39. The number of esters is 1. The molecule has 1 aromatic rings. The fourth-order valence-electron chi connectivity index (χ4n) is 2.46. The Kier molecular flexibility index (Phi) is 17.0. The Morgan fingerprint density at radius 2 is 1.86 bits per heavy atom. The Balaban J connectivity index is 0.000000614. The molecule has 0 spiro atoms. The lowest BCUT2D eigenvalue weighted by Crippen LogP contribution is -2.01. The molecule has 0 aliphatic rings. The van der Waals surface area contributed by atoms with Crippen LogP contribution in [0.2, 0.25) is 0 Å². The molecule has 0 heterocycles. The summed E-state index contributed by atoms with van der Waals surface area (Å²) in [5.74, 6) is 0.410. The topological polar surface area (TPSA) is 63.6 Å². The Bertz CT molecular complexity index is 612. The SMILES string of the molecule is CCC(CC)C/C=C/C(=O)OCc1ccccc1.CCCCC(Br)PP(C)(=O)O. The fourth-order valence-corrected chi connectivity index (χ4v) is 9.01. The minimum absolute atomic E-state index is 0.153. The van der Waals surface area contributed by atoms with E-state index in [1.807, 2.05) is 36.4 Å². The highest BCUT2D eigenvalue weighted by atomic mass is 79.9. The van der Waals surface area contributed by atoms with Crippen molar-refractivity contribution in [2.45, 2.75) is 70.5 Å².